The molecule has 0 saturated carbocycles. The summed E-state index contributed by atoms with van der Waals surface area (Å²) in [5.41, 5.74) is -2.55. The lowest BCUT2D eigenvalue weighted by Gasteiger charge is -2.09. The number of hydrogen-bond acceptors (Lipinski definition) is 7. The Labute approximate surface area is 152 Å². The lowest BCUT2D eigenvalue weighted by molar-refractivity contribution is -0.384. The third kappa shape index (κ3) is 3.23. The van der Waals surface area contributed by atoms with Crippen LogP contribution in [-0.2, 0) is 10.0 Å². The van der Waals surface area contributed by atoms with Crippen molar-refractivity contribution in [2.75, 3.05) is 11.1 Å². The van der Waals surface area contributed by atoms with E-state index in [9.17, 15) is 28.1 Å². The largest absolute Gasteiger partial charge is 0.348 e. The van der Waals surface area contributed by atoms with E-state index in [4.69, 9.17) is 0 Å². The fourth-order valence-electron chi connectivity index (χ4n) is 2.27. The molecular weight excluding hydrogens is 436 g/mol. The van der Waals surface area contributed by atoms with Crippen LogP contribution >= 0.6 is 15.9 Å². The highest BCUT2D eigenvalue weighted by atomic mass is 79.9. The maximum absolute atomic E-state index is 12.5. The smallest absolute Gasteiger partial charge is 0.305 e. The van der Waals surface area contributed by atoms with Gasteiger partial charge in [-0.3, -0.25) is 19.5 Å². The molecule has 0 aliphatic rings. The van der Waals surface area contributed by atoms with Gasteiger partial charge in [0.05, 0.1) is 22.1 Å². The number of nitro benzene ring substituents is 1. The first-order chi connectivity index (χ1) is 12.1. The molecule has 0 unspecified atom stereocenters. The number of halogens is 1. The number of aromatic nitrogens is 4. The molecule has 0 aliphatic heterocycles. The summed E-state index contributed by atoms with van der Waals surface area (Å²) in [6.45, 7) is 0. The first-order valence-corrected chi connectivity index (χ1v) is 9.40. The van der Waals surface area contributed by atoms with Gasteiger partial charge in [-0.1, -0.05) is 0 Å². The maximum atomic E-state index is 12.5. The highest BCUT2D eigenvalue weighted by molar-refractivity contribution is 9.10. The molecule has 3 rings (SSSR count). The second-order valence-electron chi connectivity index (χ2n) is 5.18. The predicted molar refractivity (Wildman–Crippen MR) is 94.5 cm³/mol. The summed E-state index contributed by atoms with van der Waals surface area (Å²) in [4.78, 5) is 43.1. The van der Waals surface area contributed by atoms with Crippen LogP contribution in [0.5, 0.6) is 0 Å². The number of nitro groups is 1. The third-order valence-electron chi connectivity index (χ3n) is 3.28. The second-order valence-corrected chi connectivity index (χ2v) is 7.72. The highest BCUT2D eigenvalue weighted by Crippen LogP contribution is 2.27. The van der Waals surface area contributed by atoms with Gasteiger partial charge in [0.2, 0.25) is 10.0 Å². The standard InChI is InChI=1S/C12H9BrN6O6S/c1-26(24,25)16-18-11(20)6-2-8(17-4-10(13)14-5-17)9(19(22)23)3-7(6)15-12(18)21/h2-5,16H,1H3,(H,15,21). The van der Waals surface area contributed by atoms with E-state index >= 15 is 0 Å². The van der Waals surface area contributed by atoms with Gasteiger partial charge < -0.3 is 4.98 Å². The Hall–Kier alpha value is -3.00. The van der Waals surface area contributed by atoms with Crippen LogP contribution in [0.25, 0.3) is 16.6 Å². The lowest BCUT2D eigenvalue weighted by atomic mass is 10.2. The topological polar surface area (TPSA) is 162 Å². The lowest BCUT2D eigenvalue weighted by Crippen LogP contribution is -2.43. The van der Waals surface area contributed by atoms with Gasteiger partial charge in [-0.2, -0.15) is 4.68 Å². The molecule has 1 aromatic carbocycles. The van der Waals surface area contributed by atoms with Crippen LogP contribution in [0.3, 0.4) is 0 Å². The summed E-state index contributed by atoms with van der Waals surface area (Å²) in [7, 11) is -3.91. The van der Waals surface area contributed by atoms with Crippen LogP contribution in [-0.4, -0.2) is 38.8 Å². The van der Waals surface area contributed by atoms with Gasteiger partial charge in [0.1, 0.15) is 16.6 Å². The van der Waals surface area contributed by atoms with Crippen LogP contribution in [0.4, 0.5) is 5.69 Å². The molecule has 2 aromatic heterocycles. The molecule has 2 N–H and O–H groups in total. The first kappa shape index (κ1) is 17.8. The molecule has 0 amide bonds. The third-order valence-corrected chi connectivity index (χ3v) is 4.20. The Kier molecular flexibility index (Phi) is 4.15. The number of nitrogens with one attached hydrogen (secondary N) is 2. The quantitative estimate of drug-likeness (QED) is 0.423. The van der Waals surface area contributed by atoms with E-state index in [2.05, 4.69) is 25.9 Å². The van der Waals surface area contributed by atoms with Gasteiger partial charge in [0, 0.05) is 12.3 Å². The molecule has 2 heterocycles. The molecule has 0 aliphatic carbocycles. The Morgan fingerprint density at radius 3 is 2.58 bits per heavy atom. The Bertz CT molecular complexity index is 1270. The van der Waals surface area contributed by atoms with Crippen molar-refractivity contribution in [1.29, 1.82) is 0 Å². The number of rotatable bonds is 4. The summed E-state index contributed by atoms with van der Waals surface area (Å²) >= 11 is 3.12. The van der Waals surface area contributed by atoms with Gasteiger partial charge in [-0.15, -0.1) is 0 Å². The first-order valence-electron chi connectivity index (χ1n) is 6.72. The molecule has 26 heavy (non-hydrogen) atoms. The molecule has 12 nitrogen and oxygen atoms in total. The number of benzene rings is 1. The van der Waals surface area contributed by atoms with Crippen LogP contribution < -0.4 is 16.1 Å². The normalized spacial score (nSPS) is 11.6. The van der Waals surface area contributed by atoms with E-state index in [0.29, 0.717) is 4.60 Å². The fourth-order valence-corrected chi connectivity index (χ4v) is 3.08. The van der Waals surface area contributed by atoms with Gasteiger partial charge >= 0.3 is 5.69 Å². The van der Waals surface area contributed by atoms with Crippen LogP contribution in [0.15, 0.2) is 38.8 Å². The zero-order valence-corrected chi connectivity index (χ0v) is 15.2. The van der Waals surface area contributed by atoms with Crippen molar-refractivity contribution in [3.63, 3.8) is 0 Å². The fraction of sp³-hybridized carbons (Fsp3) is 0.0833. The van der Waals surface area contributed by atoms with E-state index in [1.807, 2.05) is 0 Å². The van der Waals surface area contributed by atoms with Gasteiger partial charge in [-0.05, 0) is 22.0 Å². The predicted octanol–water partition coefficient (Wildman–Crippen LogP) is 0.0493. The summed E-state index contributed by atoms with van der Waals surface area (Å²) in [6.07, 6.45) is 3.50. The number of nitrogens with zero attached hydrogens (tertiary/aromatic N) is 4. The average Bonchev–Trinajstić information content (AvgIpc) is 2.96. The van der Waals surface area contributed by atoms with Crippen LogP contribution in [0.2, 0.25) is 0 Å². The van der Waals surface area contributed by atoms with E-state index < -0.39 is 26.2 Å². The molecule has 0 atom stereocenters. The van der Waals surface area contributed by atoms with E-state index in [-0.39, 0.29) is 27.0 Å². The summed E-state index contributed by atoms with van der Waals surface area (Å²) in [5.74, 6) is 0. The Morgan fingerprint density at radius 1 is 1.35 bits per heavy atom. The molecule has 0 radical (unpaired) electrons. The zero-order chi connectivity index (χ0) is 19.2. The zero-order valence-electron chi connectivity index (χ0n) is 12.8. The minimum Gasteiger partial charge on any atom is -0.305 e. The molecular formula is C12H9BrN6O6S. The maximum Gasteiger partial charge on any atom is 0.348 e. The van der Waals surface area contributed by atoms with Gasteiger partial charge in [-0.25, -0.2) is 23.0 Å². The van der Waals surface area contributed by atoms with E-state index in [1.54, 1.807) is 4.83 Å². The van der Waals surface area contributed by atoms with Crippen molar-refractivity contribution in [1.82, 2.24) is 19.2 Å². The Morgan fingerprint density at radius 2 is 2.04 bits per heavy atom. The van der Waals surface area contributed by atoms with Gasteiger partial charge in [0.25, 0.3) is 11.2 Å². The van der Waals surface area contributed by atoms with Crippen molar-refractivity contribution in [2.24, 2.45) is 0 Å². The summed E-state index contributed by atoms with van der Waals surface area (Å²) in [5, 5.41) is 11.2. The SMILES string of the molecule is CS(=O)(=O)Nn1c(=O)[nH]c2cc([N+](=O)[O-])c(-n3cnc(Br)c3)cc2c1=O. The number of H-pyrrole nitrogens is 1. The molecule has 136 valence electrons. The number of fused-ring (bicyclic) bond motifs is 1. The average molecular weight is 445 g/mol. The van der Waals surface area contributed by atoms with E-state index in [1.165, 1.54) is 23.2 Å². The number of hydrogen-bond donors (Lipinski definition) is 2. The number of imidazole rings is 1. The van der Waals surface area contributed by atoms with Crippen molar-refractivity contribution in [3.8, 4) is 5.69 Å². The van der Waals surface area contributed by atoms with Crippen molar-refractivity contribution < 1.29 is 13.3 Å². The monoisotopic (exact) mass is 444 g/mol. The number of sulfonamides is 1. The summed E-state index contributed by atoms with van der Waals surface area (Å²) < 4.78 is 24.7. The van der Waals surface area contributed by atoms with Crippen molar-refractivity contribution >= 4 is 42.5 Å². The minimum absolute atomic E-state index is 0.00996. The summed E-state index contributed by atoms with van der Waals surface area (Å²) in [6, 6.07) is 2.19. The molecule has 0 spiro atoms. The minimum atomic E-state index is -3.91. The van der Waals surface area contributed by atoms with Crippen molar-refractivity contribution in [3.05, 3.63) is 60.2 Å². The Balaban J connectivity index is 2.39. The number of aromatic amines is 1. The molecule has 0 fully saturated rings. The van der Waals surface area contributed by atoms with Crippen molar-refractivity contribution in [2.45, 2.75) is 0 Å². The van der Waals surface area contributed by atoms with E-state index in [0.717, 1.165) is 12.3 Å². The van der Waals surface area contributed by atoms with Crippen LogP contribution in [0.1, 0.15) is 0 Å². The van der Waals surface area contributed by atoms with Gasteiger partial charge in [0.15, 0.2) is 0 Å². The van der Waals surface area contributed by atoms with Crippen LogP contribution in [0, 0.1) is 10.1 Å². The second kappa shape index (κ2) is 6.06. The molecule has 0 bridgehead atoms. The highest BCUT2D eigenvalue weighted by Gasteiger charge is 2.20. The molecule has 0 saturated heterocycles. The molecule has 14 heteroatoms. The molecule has 3 aromatic rings.